The predicted octanol–water partition coefficient (Wildman–Crippen LogP) is 1.28. The molecule has 1 aliphatic carbocycles. The number of nitrogens with zero attached hydrogens (tertiary/aromatic N) is 1. The first-order valence-electron chi connectivity index (χ1n) is 8.31. The minimum atomic E-state index is -0.408. The summed E-state index contributed by atoms with van der Waals surface area (Å²) in [6.07, 6.45) is 5.48. The van der Waals surface area contributed by atoms with Crippen LogP contribution in [0.5, 0.6) is 0 Å². The number of hydrogen-bond donors (Lipinski definition) is 2. The summed E-state index contributed by atoms with van der Waals surface area (Å²) in [6, 6.07) is 0.0194. The van der Waals surface area contributed by atoms with Crippen LogP contribution in [0, 0.1) is 5.92 Å². The summed E-state index contributed by atoms with van der Waals surface area (Å²) >= 11 is 0. The summed E-state index contributed by atoms with van der Waals surface area (Å²) in [5, 5.41) is 5.72. The molecule has 1 saturated carbocycles. The van der Waals surface area contributed by atoms with Gasteiger partial charge in [0.15, 0.2) is 0 Å². The van der Waals surface area contributed by atoms with Gasteiger partial charge in [0.2, 0.25) is 5.91 Å². The number of nitrogens with one attached hydrogen (secondary N) is 2. The third-order valence-corrected chi connectivity index (χ3v) is 4.07. The predicted molar refractivity (Wildman–Crippen MR) is 86.8 cm³/mol. The van der Waals surface area contributed by atoms with Gasteiger partial charge in [-0.15, -0.1) is 0 Å². The summed E-state index contributed by atoms with van der Waals surface area (Å²) in [5.74, 6) is -0.895. The fraction of sp³-hybridized carbons (Fsp3) is 0.812. The first-order chi connectivity index (χ1) is 10.9. The fourth-order valence-corrected chi connectivity index (χ4v) is 2.76. The molecule has 132 valence electrons. The zero-order chi connectivity index (χ0) is 17.2. The van der Waals surface area contributed by atoms with E-state index in [0.717, 1.165) is 25.7 Å². The van der Waals surface area contributed by atoms with Gasteiger partial charge in [0.1, 0.15) is 0 Å². The van der Waals surface area contributed by atoms with Crippen LogP contribution in [-0.2, 0) is 14.3 Å². The molecule has 0 radical (unpaired) electrons. The molecule has 7 heteroatoms. The van der Waals surface area contributed by atoms with Gasteiger partial charge < -0.3 is 20.3 Å². The lowest BCUT2D eigenvalue weighted by Crippen LogP contribution is -2.49. The Kier molecular flexibility index (Phi) is 8.43. The highest BCUT2D eigenvalue weighted by Crippen LogP contribution is 2.17. The quantitative estimate of drug-likeness (QED) is 0.690. The zero-order valence-corrected chi connectivity index (χ0v) is 14.4. The van der Waals surface area contributed by atoms with Crippen molar-refractivity contribution in [3.8, 4) is 0 Å². The Morgan fingerprint density at radius 1 is 1.22 bits per heavy atom. The first kappa shape index (κ1) is 19.3. The Balaban J connectivity index is 2.57. The maximum atomic E-state index is 12.5. The number of methoxy groups -OCH3 is 1. The summed E-state index contributed by atoms with van der Waals surface area (Å²) < 4.78 is 4.72. The van der Waals surface area contributed by atoms with Crippen LogP contribution in [0.3, 0.4) is 0 Å². The molecule has 7 nitrogen and oxygen atoms in total. The van der Waals surface area contributed by atoms with Crippen LogP contribution in [0.25, 0.3) is 0 Å². The van der Waals surface area contributed by atoms with E-state index in [1.165, 1.54) is 20.5 Å². The van der Waals surface area contributed by atoms with Gasteiger partial charge in [-0.1, -0.05) is 26.2 Å². The average molecular weight is 327 g/mol. The largest absolute Gasteiger partial charge is 0.469 e. The second-order valence-electron chi connectivity index (χ2n) is 6.14. The van der Waals surface area contributed by atoms with Crippen LogP contribution < -0.4 is 10.6 Å². The SMILES string of the molecule is COC(=O)C(C)CN(CCNC(C)=O)C(=O)NC1CCCCC1. The molecule has 1 unspecified atom stereocenters. The number of carbonyl (C=O) groups is 3. The Morgan fingerprint density at radius 2 is 1.87 bits per heavy atom. The summed E-state index contributed by atoms with van der Waals surface area (Å²) in [6.45, 7) is 4.15. The van der Waals surface area contributed by atoms with E-state index in [2.05, 4.69) is 10.6 Å². The molecule has 0 saturated heterocycles. The van der Waals surface area contributed by atoms with Gasteiger partial charge >= 0.3 is 12.0 Å². The molecule has 2 N–H and O–H groups in total. The Bertz CT molecular complexity index is 408. The number of rotatable bonds is 7. The molecule has 1 fully saturated rings. The molecule has 0 aliphatic heterocycles. The maximum Gasteiger partial charge on any atom is 0.317 e. The van der Waals surface area contributed by atoms with E-state index in [-0.39, 0.29) is 30.5 Å². The lowest BCUT2D eigenvalue weighted by atomic mass is 9.96. The normalized spacial score (nSPS) is 16.3. The van der Waals surface area contributed by atoms with E-state index in [1.54, 1.807) is 11.8 Å². The Morgan fingerprint density at radius 3 is 2.43 bits per heavy atom. The minimum Gasteiger partial charge on any atom is -0.469 e. The van der Waals surface area contributed by atoms with Crippen molar-refractivity contribution in [2.75, 3.05) is 26.7 Å². The second kappa shape index (κ2) is 10.1. The molecule has 0 bridgehead atoms. The van der Waals surface area contributed by atoms with Gasteiger partial charge in [0.25, 0.3) is 0 Å². The van der Waals surface area contributed by atoms with E-state index in [1.807, 2.05) is 0 Å². The molecule has 1 atom stereocenters. The summed E-state index contributed by atoms with van der Waals surface area (Å²) in [7, 11) is 1.34. The van der Waals surface area contributed by atoms with E-state index >= 15 is 0 Å². The smallest absolute Gasteiger partial charge is 0.317 e. The lowest BCUT2D eigenvalue weighted by molar-refractivity contribution is -0.145. The third kappa shape index (κ3) is 7.34. The zero-order valence-electron chi connectivity index (χ0n) is 14.4. The van der Waals surface area contributed by atoms with Crippen molar-refractivity contribution in [1.82, 2.24) is 15.5 Å². The average Bonchev–Trinajstić information content (AvgIpc) is 2.53. The van der Waals surface area contributed by atoms with E-state index in [9.17, 15) is 14.4 Å². The number of carbonyl (C=O) groups excluding carboxylic acids is 3. The molecule has 0 heterocycles. The highest BCUT2D eigenvalue weighted by molar-refractivity contribution is 5.77. The standard InChI is InChI=1S/C16H29N3O4/c1-12(15(21)23-3)11-19(10-9-17-13(2)20)16(22)18-14-7-5-4-6-8-14/h12,14H,4-11H2,1-3H3,(H,17,20)(H,18,22). The van der Waals surface area contributed by atoms with Crippen molar-refractivity contribution < 1.29 is 19.1 Å². The Labute approximate surface area is 138 Å². The highest BCUT2D eigenvalue weighted by atomic mass is 16.5. The lowest BCUT2D eigenvalue weighted by Gasteiger charge is -2.29. The highest BCUT2D eigenvalue weighted by Gasteiger charge is 2.24. The number of esters is 1. The van der Waals surface area contributed by atoms with Gasteiger partial charge in [-0.2, -0.15) is 0 Å². The first-order valence-corrected chi connectivity index (χ1v) is 8.31. The molecule has 1 rings (SSSR count). The van der Waals surface area contributed by atoms with Gasteiger partial charge in [-0.05, 0) is 12.8 Å². The van der Waals surface area contributed by atoms with Crippen molar-refractivity contribution in [3.63, 3.8) is 0 Å². The fourth-order valence-electron chi connectivity index (χ4n) is 2.76. The number of urea groups is 1. The van der Waals surface area contributed by atoms with Crippen LogP contribution >= 0.6 is 0 Å². The number of ether oxygens (including phenoxy) is 1. The van der Waals surface area contributed by atoms with Crippen molar-refractivity contribution in [2.45, 2.75) is 52.0 Å². The molecule has 3 amide bonds. The molecular weight excluding hydrogens is 298 g/mol. The van der Waals surface area contributed by atoms with Crippen molar-refractivity contribution in [1.29, 1.82) is 0 Å². The van der Waals surface area contributed by atoms with Crippen LogP contribution in [0.15, 0.2) is 0 Å². The van der Waals surface area contributed by atoms with Crippen molar-refractivity contribution in [2.24, 2.45) is 5.92 Å². The monoisotopic (exact) mass is 327 g/mol. The maximum absolute atomic E-state index is 12.5. The van der Waals surface area contributed by atoms with Crippen molar-refractivity contribution in [3.05, 3.63) is 0 Å². The van der Waals surface area contributed by atoms with Gasteiger partial charge in [-0.25, -0.2) is 4.79 Å². The van der Waals surface area contributed by atoms with Crippen LogP contribution in [0.4, 0.5) is 4.79 Å². The van der Waals surface area contributed by atoms with Crippen LogP contribution in [0.2, 0.25) is 0 Å². The van der Waals surface area contributed by atoms with Crippen molar-refractivity contribution >= 4 is 17.9 Å². The van der Waals surface area contributed by atoms with E-state index in [0.29, 0.717) is 13.1 Å². The van der Waals surface area contributed by atoms with E-state index < -0.39 is 5.92 Å². The molecule has 1 aliphatic rings. The van der Waals surface area contributed by atoms with Gasteiger partial charge in [0, 0.05) is 32.6 Å². The second-order valence-corrected chi connectivity index (χ2v) is 6.14. The minimum absolute atomic E-state index is 0.140. The molecule has 23 heavy (non-hydrogen) atoms. The summed E-state index contributed by atoms with van der Waals surface area (Å²) in [4.78, 5) is 36.6. The molecular formula is C16H29N3O4. The number of hydrogen-bond acceptors (Lipinski definition) is 4. The Hall–Kier alpha value is -1.79. The van der Waals surface area contributed by atoms with Crippen LogP contribution in [-0.4, -0.2) is 55.6 Å². The van der Waals surface area contributed by atoms with E-state index in [4.69, 9.17) is 4.74 Å². The molecule has 0 aromatic rings. The molecule has 0 aromatic carbocycles. The van der Waals surface area contributed by atoms with Gasteiger partial charge in [0.05, 0.1) is 13.0 Å². The molecule has 0 spiro atoms. The van der Waals surface area contributed by atoms with Crippen LogP contribution in [0.1, 0.15) is 46.0 Å². The topological polar surface area (TPSA) is 87.7 Å². The number of amides is 3. The van der Waals surface area contributed by atoms with Gasteiger partial charge in [-0.3, -0.25) is 9.59 Å². The summed E-state index contributed by atoms with van der Waals surface area (Å²) in [5.41, 5.74) is 0. The molecule has 0 aromatic heterocycles. The third-order valence-electron chi connectivity index (χ3n) is 4.07.